The maximum absolute atomic E-state index is 9.91. The fraction of sp³-hybridized carbons (Fsp3) is 0.143. The van der Waals surface area contributed by atoms with Gasteiger partial charge in [0, 0.05) is 23.1 Å². The minimum atomic E-state index is 0.201. The summed E-state index contributed by atoms with van der Waals surface area (Å²) in [5, 5.41) is 24.5. The van der Waals surface area contributed by atoms with Crippen LogP contribution in [0.15, 0.2) is 59.4 Å². The van der Waals surface area contributed by atoms with Crippen LogP contribution in [0.1, 0.15) is 31.5 Å². The lowest BCUT2D eigenvalue weighted by Gasteiger charge is -2.19. The molecule has 0 spiro atoms. The summed E-state index contributed by atoms with van der Waals surface area (Å²) in [5.41, 5.74) is 5.03. The van der Waals surface area contributed by atoms with Crippen molar-refractivity contribution in [1.29, 1.82) is 5.26 Å². The molecule has 0 unspecified atom stereocenters. The first kappa shape index (κ1) is 16.0. The summed E-state index contributed by atoms with van der Waals surface area (Å²) >= 11 is 0. The Hall–Kier alpha value is -3.52. The fourth-order valence-corrected chi connectivity index (χ4v) is 3.37. The number of hydrogen-bond acceptors (Lipinski definition) is 4. The Bertz CT molecular complexity index is 1110. The zero-order valence-electron chi connectivity index (χ0n) is 14.5. The molecule has 2 aromatic carbocycles. The molecule has 0 atom stereocenters. The van der Waals surface area contributed by atoms with Crippen LogP contribution in [-0.4, -0.2) is 15.4 Å². The van der Waals surface area contributed by atoms with Crippen LogP contribution in [0, 0.1) is 11.3 Å². The third-order valence-corrected chi connectivity index (χ3v) is 4.58. The van der Waals surface area contributed by atoms with Gasteiger partial charge in [-0.25, -0.2) is 0 Å². The summed E-state index contributed by atoms with van der Waals surface area (Å²) < 4.78 is 2.05. The molecule has 4 rings (SSSR count). The van der Waals surface area contributed by atoms with Gasteiger partial charge in [0.1, 0.15) is 17.6 Å². The number of nitriles is 1. The van der Waals surface area contributed by atoms with E-state index < -0.39 is 0 Å². The average Bonchev–Trinajstić information content (AvgIpc) is 2.98. The predicted molar refractivity (Wildman–Crippen MR) is 101 cm³/mol. The Balaban J connectivity index is 2.10. The number of allylic oxidation sites excluding steroid dienone is 2. The third-order valence-electron chi connectivity index (χ3n) is 4.58. The van der Waals surface area contributed by atoms with E-state index >= 15 is 0 Å². The maximum atomic E-state index is 9.91. The number of benzene rings is 2. The molecule has 1 aromatic heterocycles. The summed E-state index contributed by atoms with van der Waals surface area (Å²) in [5.74, 6) is 0.890. The minimum Gasteiger partial charge on any atom is -0.508 e. The molecular formula is C21H17N3O2. The van der Waals surface area contributed by atoms with Crippen molar-refractivity contribution in [2.45, 2.75) is 20.3 Å². The molecule has 0 fully saturated rings. The lowest BCUT2D eigenvalue weighted by Crippen LogP contribution is -2.09. The zero-order chi connectivity index (χ0) is 18.3. The molecule has 1 N–H and O–H groups in total. The Morgan fingerprint density at radius 2 is 1.85 bits per heavy atom. The monoisotopic (exact) mass is 343 g/mol. The molecule has 128 valence electrons. The summed E-state index contributed by atoms with van der Waals surface area (Å²) in [6.07, 6.45) is 0.620. The van der Waals surface area contributed by atoms with Crippen molar-refractivity contribution in [2.75, 3.05) is 0 Å². The van der Waals surface area contributed by atoms with Crippen LogP contribution in [0.5, 0.6) is 5.75 Å². The average molecular weight is 343 g/mol. The van der Waals surface area contributed by atoms with Crippen molar-refractivity contribution < 1.29 is 9.94 Å². The van der Waals surface area contributed by atoms with Gasteiger partial charge in [-0.2, -0.15) is 5.26 Å². The van der Waals surface area contributed by atoms with Crippen molar-refractivity contribution in [3.8, 4) is 17.5 Å². The standard InChI is InChI=1S/C21H17N3O2/c1-13-11-18(14(2)26-23-13)21-19(12-22)17-5-3-4-6-20(17)24(21)15-7-9-16(25)10-8-15/h3-10,25H,11H2,1-2H3. The van der Waals surface area contributed by atoms with Crippen LogP contribution in [0.2, 0.25) is 0 Å². The largest absolute Gasteiger partial charge is 0.508 e. The highest BCUT2D eigenvalue weighted by Gasteiger charge is 2.25. The van der Waals surface area contributed by atoms with Crippen molar-refractivity contribution in [3.63, 3.8) is 0 Å². The van der Waals surface area contributed by atoms with Crippen LogP contribution < -0.4 is 0 Å². The number of rotatable bonds is 2. The molecule has 1 aliphatic rings. The zero-order valence-corrected chi connectivity index (χ0v) is 14.5. The number of nitrogens with zero attached hydrogens (tertiary/aromatic N) is 3. The van der Waals surface area contributed by atoms with Crippen molar-refractivity contribution in [1.82, 2.24) is 4.57 Å². The molecule has 0 saturated heterocycles. The Labute approximate surface area is 151 Å². The second-order valence-electron chi connectivity index (χ2n) is 6.33. The second-order valence-corrected chi connectivity index (χ2v) is 6.33. The minimum absolute atomic E-state index is 0.201. The van der Waals surface area contributed by atoms with Gasteiger partial charge in [-0.05, 0) is 44.2 Å². The molecule has 2 heterocycles. The van der Waals surface area contributed by atoms with Crippen LogP contribution in [-0.2, 0) is 4.84 Å². The van der Waals surface area contributed by atoms with Crippen molar-refractivity contribution in [3.05, 3.63) is 65.5 Å². The van der Waals surface area contributed by atoms with E-state index in [9.17, 15) is 10.4 Å². The summed E-state index contributed by atoms with van der Waals surface area (Å²) in [6, 6.07) is 17.2. The topological polar surface area (TPSA) is 70.5 Å². The van der Waals surface area contributed by atoms with Crippen LogP contribution in [0.3, 0.4) is 0 Å². The van der Waals surface area contributed by atoms with E-state index in [0.29, 0.717) is 17.7 Å². The number of phenols is 1. The number of phenolic OH excluding ortho intramolecular Hbond substituents is 1. The molecular weight excluding hydrogens is 326 g/mol. The summed E-state index contributed by atoms with van der Waals surface area (Å²) in [6.45, 7) is 3.78. The quantitative estimate of drug-likeness (QED) is 0.731. The molecule has 1 aliphatic heterocycles. The molecule has 0 saturated carbocycles. The van der Waals surface area contributed by atoms with Crippen LogP contribution in [0.4, 0.5) is 0 Å². The number of fused-ring (bicyclic) bond motifs is 1. The highest BCUT2D eigenvalue weighted by Crippen LogP contribution is 2.37. The van der Waals surface area contributed by atoms with E-state index in [1.807, 2.05) is 54.8 Å². The maximum Gasteiger partial charge on any atom is 0.137 e. The summed E-state index contributed by atoms with van der Waals surface area (Å²) in [7, 11) is 0. The van der Waals surface area contributed by atoms with Gasteiger partial charge in [0.15, 0.2) is 0 Å². The van der Waals surface area contributed by atoms with Crippen molar-refractivity contribution >= 4 is 22.2 Å². The molecule has 0 aliphatic carbocycles. The molecule has 5 heteroatoms. The van der Waals surface area contributed by atoms with E-state index in [1.54, 1.807) is 12.1 Å². The Kier molecular flexibility index (Phi) is 3.74. The number of para-hydroxylation sites is 1. The molecule has 0 bridgehead atoms. The van der Waals surface area contributed by atoms with Gasteiger partial charge in [0.25, 0.3) is 0 Å². The molecule has 0 amide bonds. The van der Waals surface area contributed by atoms with E-state index in [0.717, 1.165) is 33.6 Å². The number of oxime groups is 1. The Morgan fingerprint density at radius 3 is 2.58 bits per heavy atom. The molecule has 26 heavy (non-hydrogen) atoms. The van der Waals surface area contributed by atoms with Gasteiger partial charge < -0.3 is 14.5 Å². The van der Waals surface area contributed by atoms with Gasteiger partial charge >= 0.3 is 0 Å². The van der Waals surface area contributed by atoms with E-state index in [-0.39, 0.29) is 5.75 Å². The first-order valence-corrected chi connectivity index (χ1v) is 8.33. The SMILES string of the molecule is CC1=NOC(C)=C(c2c(C#N)c3ccccc3n2-c2ccc(O)cc2)C1. The first-order valence-electron chi connectivity index (χ1n) is 8.33. The van der Waals surface area contributed by atoms with E-state index in [4.69, 9.17) is 4.84 Å². The normalized spacial score (nSPS) is 14.1. The second kappa shape index (κ2) is 6.08. The van der Waals surface area contributed by atoms with E-state index in [1.165, 1.54) is 0 Å². The van der Waals surface area contributed by atoms with E-state index in [2.05, 4.69) is 11.2 Å². The predicted octanol–water partition coefficient (Wildman–Crippen LogP) is 4.73. The smallest absolute Gasteiger partial charge is 0.137 e. The van der Waals surface area contributed by atoms with Gasteiger partial charge in [0.05, 0.1) is 22.5 Å². The van der Waals surface area contributed by atoms with Gasteiger partial charge in [0.2, 0.25) is 0 Å². The Morgan fingerprint density at radius 1 is 1.12 bits per heavy atom. The van der Waals surface area contributed by atoms with Crippen molar-refractivity contribution in [2.24, 2.45) is 5.16 Å². The first-order chi connectivity index (χ1) is 12.6. The molecule has 3 aromatic rings. The fourth-order valence-electron chi connectivity index (χ4n) is 3.37. The molecule has 0 radical (unpaired) electrons. The van der Waals surface area contributed by atoms with Gasteiger partial charge in [-0.15, -0.1) is 0 Å². The number of aromatic hydroxyl groups is 1. The number of hydrogen-bond donors (Lipinski definition) is 1. The highest BCUT2D eigenvalue weighted by atomic mass is 16.6. The molecule has 5 nitrogen and oxygen atoms in total. The number of aromatic nitrogens is 1. The summed E-state index contributed by atoms with van der Waals surface area (Å²) in [4.78, 5) is 5.47. The lowest BCUT2D eigenvalue weighted by atomic mass is 10.00. The lowest BCUT2D eigenvalue weighted by molar-refractivity contribution is 0.226. The van der Waals surface area contributed by atoms with Gasteiger partial charge in [-0.3, -0.25) is 0 Å². The highest BCUT2D eigenvalue weighted by molar-refractivity contribution is 5.99. The van der Waals surface area contributed by atoms with Crippen LogP contribution in [0.25, 0.3) is 22.2 Å². The third kappa shape index (κ3) is 2.44. The van der Waals surface area contributed by atoms with Crippen LogP contribution >= 0.6 is 0 Å². The van der Waals surface area contributed by atoms with Gasteiger partial charge in [-0.1, -0.05) is 23.4 Å².